The highest BCUT2D eigenvalue weighted by molar-refractivity contribution is 9.10. The molecule has 1 fully saturated rings. The summed E-state index contributed by atoms with van der Waals surface area (Å²) in [5.41, 5.74) is 1.63. The maximum Gasteiger partial charge on any atom is 0.254 e. The lowest BCUT2D eigenvalue weighted by Gasteiger charge is -2.24. The molecule has 7 heteroatoms. The predicted molar refractivity (Wildman–Crippen MR) is 114 cm³/mol. The summed E-state index contributed by atoms with van der Waals surface area (Å²) in [6, 6.07) is 14.1. The molecule has 29 heavy (non-hydrogen) atoms. The van der Waals surface area contributed by atoms with Crippen molar-refractivity contribution in [1.82, 2.24) is 10.2 Å². The second-order valence-corrected chi connectivity index (χ2v) is 8.11. The first kappa shape index (κ1) is 21.3. The molecule has 3 rings (SSSR count). The second kappa shape index (κ2) is 9.89. The Balaban J connectivity index is 1.50. The first-order valence-corrected chi connectivity index (χ1v) is 10.4. The number of likely N-dealkylation sites (tertiary alicyclic amines) is 1. The van der Waals surface area contributed by atoms with E-state index in [1.165, 1.54) is 0 Å². The van der Waals surface area contributed by atoms with Crippen LogP contribution in [0.5, 0.6) is 5.75 Å². The van der Waals surface area contributed by atoms with Crippen molar-refractivity contribution >= 4 is 27.7 Å². The van der Waals surface area contributed by atoms with E-state index in [1.54, 1.807) is 17.0 Å². The van der Waals surface area contributed by atoms with Crippen LogP contribution in [-0.2, 0) is 4.79 Å². The van der Waals surface area contributed by atoms with Gasteiger partial charge in [-0.2, -0.15) is 0 Å². The normalized spacial score (nSPS) is 17.1. The van der Waals surface area contributed by atoms with Crippen molar-refractivity contribution in [1.29, 1.82) is 0 Å². The van der Waals surface area contributed by atoms with E-state index in [2.05, 4.69) is 21.2 Å². The molecule has 1 heterocycles. The zero-order valence-electron chi connectivity index (χ0n) is 16.3. The van der Waals surface area contributed by atoms with Crippen molar-refractivity contribution in [3.63, 3.8) is 0 Å². The van der Waals surface area contributed by atoms with Gasteiger partial charge in [-0.05, 0) is 61.7 Å². The van der Waals surface area contributed by atoms with Crippen molar-refractivity contribution in [2.45, 2.75) is 31.9 Å². The number of amides is 2. The van der Waals surface area contributed by atoms with Gasteiger partial charge in [0.2, 0.25) is 5.91 Å². The molecule has 2 aromatic carbocycles. The van der Waals surface area contributed by atoms with Crippen LogP contribution in [0.25, 0.3) is 0 Å². The van der Waals surface area contributed by atoms with E-state index in [0.717, 1.165) is 16.5 Å². The van der Waals surface area contributed by atoms with Gasteiger partial charge < -0.3 is 20.1 Å². The highest BCUT2D eigenvalue weighted by Crippen LogP contribution is 2.21. The lowest BCUT2D eigenvalue weighted by atomic mass is 10.1. The summed E-state index contributed by atoms with van der Waals surface area (Å²) in [4.78, 5) is 27.0. The Labute approximate surface area is 179 Å². The van der Waals surface area contributed by atoms with Gasteiger partial charge in [-0.1, -0.05) is 28.1 Å². The average molecular weight is 461 g/mol. The van der Waals surface area contributed by atoms with Crippen molar-refractivity contribution in [3.05, 3.63) is 64.1 Å². The minimum absolute atomic E-state index is 0.0709. The molecule has 154 valence electrons. The minimum Gasteiger partial charge on any atom is -0.491 e. The molecule has 1 aliphatic heterocycles. The first-order valence-electron chi connectivity index (χ1n) is 9.66. The van der Waals surface area contributed by atoms with Gasteiger partial charge in [-0.15, -0.1) is 0 Å². The van der Waals surface area contributed by atoms with Crippen LogP contribution in [0.3, 0.4) is 0 Å². The van der Waals surface area contributed by atoms with Crippen LogP contribution in [0.2, 0.25) is 0 Å². The lowest BCUT2D eigenvalue weighted by Crippen LogP contribution is -2.48. The average Bonchev–Trinajstić information content (AvgIpc) is 3.20. The Morgan fingerprint density at radius 1 is 1.28 bits per heavy atom. The van der Waals surface area contributed by atoms with Gasteiger partial charge in [0.15, 0.2) is 0 Å². The van der Waals surface area contributed by atoms with E-state index in [0.29, 0.717) is 24.3 Å². The number of hydrogen-bond acceptors (Lipinski definition) is 4. The molecule has 1 aliphatic rings. The minimum atomic E-state index is -0.837. The third kappa shape index (κ3) is 5.81. The van der Waals surface area contributed by atoms with Gasteiger partial charge in [0.25, 0.3) is 5.91 Å². The number of hydrogen-bond donors (Lipinski definition) is 2. The Kier molecular flexibility index (Phi) is 7.28. The molecular weight excluding hydrogens is 436 g/mol. The molecule has 1 saturated heterocycles. The Hall–Kier alpha value is -2.38. The molecule has 0 aromatic heterocycles. The molecule has 0 spiro atoms. The fourth-order valence-corrected chi connectivity index (χ4v) is 3.60. The molecule has 6 nitrogen and oxygen atoms in total. The number of nitrogens with one attached hydrogen (secondary N) is 1. The molecule has 0 saturated carbocycles. The summed E-state index contributed by atoms with van der Waals surface area (Å²) in [5.74, 6) is 0.276. The number of carbonyl (C=O) groups excluding carboxylic acids is 2. The summed E-state index contributed by atoms with van der Waals surface area (Å²) in [6.07, 6.45) is 0.556. The van der Waals surface area contributed by atoms with Crippen molar-refractivity contribution < 1.29 is 19.4 Å². The van der Waals surface area contributed by atoms with Crippen molar-refractivity contribution in [2.75, 3.05) is 19.7 Å². The summed E-state index contributed by atoms with van der Waals surface area (Å²) >= 11 is 3.36. The van der Waals surface area contributed by atoms with Gasteiger partial charge in [-0.3, -0.25) is 9.59 Å². The van der Waals surface area contributed by atoms with Crippen LogP contribution < -0.4 is 10.1 Å². The van der Waals surface area contributed by atoms with Crippen LogP contribution in [0.1, 0.15) is 28.8 Å². The zero-order chi connectivity index (χ0) is 20.8. The van der Waals surface area contributed by atoms with E-state index >= 15 is 0 Å². The van der Waals surface area contributed by atoms with Crippen molar-refractivity contribution in [2.24, 2.45) is 0 Å². The molecular formula is C22H25BrN2O4. The number of carbonyl (C=O) groups is 2. The molecule has 0 bridgehead atoms. The summed E-state index contributed by atoms with van der Waals surface area (Å²) < 4.78 is 6.46. The maximum atomic E-state index is 12.8. The van der Waals surface area contributed by atoms with E-state index < -0.39 is 12.1 Å². The number of rotatable bonds is 7. The topological polar surface area (TPSA) is 78.9 Å². The fourth-order valence-electron chi connectivity index (χ4n) is 3.33. The third-order valence-electron chi connectivity index (χ3n) is 4.85. The Bertz CT molecular complexity index is 856. The Morgan fingerprint density at radius 2 is 2.03 bits per heavy atom. The third-order valence-corrected chi connectivity index (χ3v) is 5.38. The van der Waals surface area contributed by atoms with Gasteiger partial charge in [0.05, 0.1) is 0 Å². The number of ether oxygens (including phenoxy) is 1. The van der Waals surface area contributed by atoms with Gasteiger partial charge in [-0.25, -0.2) is 0 Å². The number of halogens is 1. The first-order chi connectivity index (χ1) is 13.9. The highest BCUT2D eigenvalue weighted by atomic mass is 79.9. The summed E-state index contributed by atoms with van der Waals surface area (Å²) in [5, 5.41) is 12.9. The summed E-state index contributed by atoms with van der Waals surface area (Å²) in [6.45, 7) is 2.66. The lowest BCUT2D eigenvalue weighted by molar-refractivity contribution is -0.125. The number of aliphatic hydroxyl groups is 1. The van der Waals surface area contributed by atoms with Crippen LogP contribution in [0, 0.1) is 6.92 Å². The molecule has 2 atom stereocenters. The summed E-state index contributed by atoms with van der Waals surface area (Å²) in [7, 11) is 0. The highest BCUT2D eigenvalue weighted by Gasteiger charge is 2.34. The monoisotopic (exact) mass is 460 g/mol. The number of benzene rings is 2. The fraction of sp³-hybridized carbons (Fsp3) is 0.364. The number of aryl methyl sites for hydroxylation is 1. The van der Waals surface area contributed by atoms with Crippen LogP contribution >= 0.6 is 15.9 Å². The van der Waals surface area contributed by atoms with Crippen LogP contribution in [0.15, 0.2) is 53.0 Å². The molecule has 2 amide bonds. The van der Waals surface area contributed by atoms with E-state index in [1.807, 2.05) is 43.3 Å². The number of aliphatic hydroxyl groups excluding tert-OH is 1. The maximum absolute atomic E-state index is 12.8. The Morgan fingerprint density at radius 3 is 2.76 bits per heavy atom. The van der Waals surface area contributed by atoms with Gasteiger partial charge >= 0.3 is 0 Å². The largest absolute Gasteiger partial charge is 0.491 e. The van der Waals surface area contributed by atoms with Gasteiger partial charge in [0, 0.05) is 23.1 Å². The second-order valence-electron chi connectivity index (χ2n) is 7.19. The molecule has 2 unspecified atom stereocenters. The predicted octanol–water partition coefficient (Wildman–Crippen LogP) is 2.92. The van der Waals surface area contributed by atoms with Crippen LogP contribution in [-0.4, -0.2) is 53.7 Å². The van der Waals surface area contributed by atoms with Crippen molar-refractivity contribution in [3.8, 4) is 5.75 Å². The molecule has 2 aromatic rings. The zero-order valence-corrected chi connectivity index (χ0v) is 17.9. The van der Waals surface area contributed by atoms with E-state index in [9.17, 15) is 14.7 Å². The van der Waals surface area contributed by atoms with E-state index in [-0.39, 0.29) is 25.0 Å². The van der Waals surface area contributed by atoms with E-state index in [4.69, 9.17) is 4.74 Å². The van der Waals surface area contributed by atoms with Crippen LogP contribution in [0.4, 0.5) is 0 Å². The quantitative estimate of drug-likeness (QED) is 0.665. The standard InChI is InChI=1S/C22H25BrN2O4/c1-15-4-2-5-19(12-15)29-14-18(26)13-24-21(27)20-6-3-11-25(20)22(28)16-7-9-17(23)10-8-16/h2,4-5,7-10,12,18,20,26H,3,6,11,13-14H2,1H3,(H,24,27). The molecule has 0 aliphatic carbocycles. The number of nitrogens with zero attached hydrogens (tertiary/aromatic N) is 1. The molecule has 0 radical (unpaired) electrons. The van der Waals surface area contributed by atoms with Gasteiger partial charge in [0.1, 0.15) is 24.5 Å². The molecule has 2 N–H and O–H groups in total. The SMILES string of the molecule is Cc1cccc(OCC(O)CNC(=O)C2CCCN2C(=O)c2ccc(Br)cc2)c1. The smallest absolute Gasteiger partial charge is 0.254 e.